The highest BCUT2D eigenvalue weighted by Gasteiger charge is 2.08. The highest BCUT2D eigenvalue weighted by Crippen LogP contribution is 2.16. The van der Waals surface area contributed by atoms with Gasteiger partial charge in [-0.05, 0) is 39.1 Å². The minimum atomic E-state index is -0.152. The molecule has 0 bridgehead atoms. The zero-order valence-corrected chi connectivity index (χ0v) is 11.8. The van der Waals surface area contributed by atoms with E-state index in [2.05, 4.69) is 24.1 Å². The van der Waals surface area contributed by atoms with Crippen LogP contribution in [0.15, 0.2) is 18.2 Å². The zero-order chi connectivity index (χ0) is 13.7. The first-order valence-electron chi connectivity index (χ1n) is 5.94. The Kier molecular flexibility index (Phi) is 5.44. The number of nitrogen functional groups attached to an aromatic ring is 1. The molecule has 0 saturated carbocycles. The van der Waals surface area contributed by atoms with Crippen LogP contribution in [0, 0.1) is 0 Å². The van der Waals surface area contributed by atoms with Crippen LogP contribution in [0.4, 0.5) is 5.69 Å². The van der Waals surface area contributed by atoms with E-state index in [1.807, 2.05) is 7.05 Å². The monoisotopic (exact) mass is 269 g/mol. The van der Waals surface area contributed by atoms with Crippen molar-refractivity contribution < 1.29 is 4.79 Å². The van der Waals surface area contributed by atoms with Crippen molar-refractivity contribution in [1.82, 2.24) is 10.2 Å². The van der Waals surface area contributed by atoms with Crippen LogP contribution < -0.4 is 11.1 Å². The maximum absolute atomic E-state index is 11.9. The number of likely N-dealkylation sites (N-methyl/N-ethyl adjacent to an activating group) is 1. The van der Waals surface area contributed by atoms with Gasteiger partial charge in [0.2, 0.25) is 0 Å². The molecular formula is C13H20ClN3O. The molecule has 0 heterocycles. The summed E-state index contributed by atoms with van der Waals surface area (Å²) in [5.74, 6) is -0.152. The van der Waals surface area contributed by atoms with E-state index in [-0.39, 0.29) is 5.91 Å². The van der Waals surface area contributed by atoms with E-state index in [1.165, 1.54) is 0 Å². The number of amides is 1. The summed E-state index contributed by atoms with van der Waals surface area (Å²) >= 11 is 5.85. The van der Waals surface area contributed by atoms with Gasteiger partial charge in [-0.25, -0.2) is 0 Å². The Labute approximate surface area is 113 Å². The summed E-state index contributed by atoms with van der Waals surface area (Å²) in [7, 11) is 2.02. The number of halogens is 1. The van der Waals surface area contributed by atoms with Crippen LogP contribution in [-0.4, -0.2) is 37.0 Å². The predicted octanol–water partition coefficient (Wildman–Crippen LogP) is 1.99. The molecule has 1 amide bonds. The second-order valence-electron chi connectivity index (χ2n) is 4.60. The SMILES string of the molecule is CC(C)N(C)CCNC(=O)c1cc(N)cc(Cl)c1. The molecule has 4 nitrogen and oxygen atoms in total. The average Bonchev–Trinajstić information content (AvgIpc) is 2.27. The fourth-order valence-corrected chi connectivity index (χ4v) is 1.69. The molecule has 100 valence electrons. The number of rotatable bonds is 5. The van der Waals surface area contributed by atoms with Crippen molar-refractivity contribution >= 4 is 23.2 Å². The second kappa shape index (κ2) is 6.61. The van der Waals surface area contributed by atoms with Gasteiger partial charge in [0.05, 0.1) is 0 Å². The third-order valence-electron chi connectivity index (χ3n) is 2.81. The van der Waals surface area contributed by atoms with Gasteiger partial charge in [0, 0.05) is 35.4 Å². The van der Waals surface area contributed by atoms with Crippen LogP contribution in [0.2, 0.25) is 5.02 Å². The average molecular weight is 270 g/mol. The molecule has 0 aliphatic carbocycles. The number of carbonyl (C=O) groups excluding carboxylic acids is 1. The summed E-state index contributed by atoms with van der Waals surface area (Å²) in [6.45, 7) is 5.62. The molecule has 5 heteroatoms. The Morgan fingerprint density at radius 3 is 2.67 bits per heavy atom. The van der Waals surface area contributed by atoms with Gasteiger partial charge < -0.3 is 16.0 Å². The van der Waals surface area contributed by atoms with Crippen LogP contribution in [-0.2, 0) is 0 Å². The van der Waals surface area contributed by atoms with Crippen LogP contribution >= 0.6 is 11.6 Å². The van der Waals surface area contributed by atoms with E-state index >= 15 is 0 Å². The maximum atomic E-state index is 11.9. The van der Waals surface area contributed by atoms with Crippen LogP contribution in [0.3, 0.4) is 0 Å². The summed E-state index contributed by atoms with van der Waals surface area (Å²) in [6.07, 6.45) is 0. The summed E-state index contributed by atoms with van der Waals surface area (Å²) in [5, 5.41) is 3.32. The molecule has 0 aromatic heterocycles. The molecule has 0 aliphatic rings. The highest BCUT2D eigenvalue weighted by atomic mass is 35.5. The molecule has 1 aromatic rings. The maximum Gasteiger partial charge on any atom is 0.251 e. The van der Waals surface area contributed by atoms with Gasteiger partial charge in [0.1, 0.15) is 0 Å². The lowest BCUT2D eigenvalue weighted by Crippen LogP contribution is -2.36. The summed E-state index contributed by atoms with van der Waals surface area (Å²) in [5.41, 5.74) is 6.63. The Bertz CT molecular complexity index is 400. The normalized spacial score (nSPS) is 11.0. The van der Waals surface area contributed by atoms with E-state index in [9.17, 15) is 4.79 Å². The number of nitrogens with one attached hydrogen (secondary N) is 1. The van der Waals surface area contributed by atoms with Crippen molar-refractivity contribution in [3.8, 4) is 0 Å². The van der Waals surface area contributed by atoms with E-state index in [1.54, 1.807) is 18.2 Å². The van der Waals surface area contributed by atoms with Crippen molar-refractivity contribution in [2.75, 3.05) is 25.9 Å². The number of benzene rings is 1. The van der Waals surface area contributed by atoms with Crippen LogP contribution in [0.25, 0.3) is 0 Å². The predicted molar refractivity (Wildman–Crippen MR) is 76.0 cm³/mol. The number of nitrogens with two attached hydrogens (primary N) is 1. The van der Waals surface area contributed by atoms with Crippen LogP contribution in [0.1, 0.15) is 24.2 Å². The Balaban J connectivity index is 2.50. The van der Waals surface area contributed by atoms with Gasteiger partial charge in [-0.1, -0.05) is 11.6 Å². The Morgan fingerprint density at radius 1 is 1.44 bits per heavy atom. The molecule has 1 aromatic carbocycles. The van der Waals surface area contributed by atoms with E-state index < -0.39 is 0 Å². The first kappa shape index (κ1) is 14.8. The van der Waals surface area contributed by atoms with Gasteiger partial charge in [0.15, 0.2) is 0 Å². The van der Waals surface area contributed by atoms with Gasteiger partial charge >= 0.3 is 0 Å². The Hall–Kier alpha value is -1.26. The van der Waals surface area contributed by atoms with Crippen molar-refractivity contribution in [2.24, 2.45) is 0 Å². The lowest BCUT2D eigenvalue weighted by atomic mass is 10.2. The molecule has 0 atom stereocenters. The first-order chi connectivity index (χ1) is 8.40. The van der Waals surface area contributed by atoms with Crippen molar-refractivity contribution in [2.45, 2.75) is 19.9 Å². The van der Waals surface area contributed by atoms with Crippen molar-refractivity contribution in [3.05, 3.63) is 28.8 Å². The van der Waals surface area contributed by atoms with Crippen molar-refractivity contribution in [3.63, 3.8) is 0 Å². The standard InChI is InChI=1S/C13H20ClN3O/c1-9(2)17(3)5-4-16-13(18)10-6-11(14)8-12(15)7-10/h6-9H,4-5,15H2,1-3H3,(H,16,18). The lowest BCUT2D eigenvalue weighted by molar-refractivity contribution is 0.0948. The molecule has 0 spiro atoms. The number of nitrogens with zero attached hydrogens (tertiary/aromatic N) is 1. The second-order valence-corrected chi connectivity index (χ2v) is 5.04. The quantitative estimate of drug-likeness (QED) is 0.804. The van der Waals surface area contributed by atoms with Gasteiger partial charge in [-0.15, -0.1) is 0 Å². The van der Waals surface area contributed by atoms with Crippen molar-refractivity contribution in [1.29, 1.82) is 0 Å². The molecule has 0 fully saturated rings. The van der Waals surface area contributed by atoms with Gasteiger partial charge in [-0.2, -0.15) is 0 Å². The fraction of sp³-hybridized carbons (Fsp3) is 0.462. The molecule has 0 saturated heterocycles. The summed E-state index contributed by atoms with van der Waals surface area (Å²) in [6, 6.07) is 5.31. The van der Waals surface area contributed by atoms with Gasteiger partial charge in [0.25, 0.3) is 5.91 Å². The number of anilines is 1. The number of carbonyl (C=O) groups is 1. The molecule has 3 N–H and O–H groups in total. The largest absolute Gasteiger partial charge is 0.399 e. The minimum absolute atomic E-state index is 0.152. The molecule has 1 rings (SSSR count). The van der Waals surface area contributed by atoms with Crippen LogP contribution in [0.5, 0.6) is 0 Å². The molecular weight excluding hydrogens is 250 g/mol. The fourth-order valence-electron chi connectivity index (χ4n) is 1.45. The van der Waals surface area contributed by atoms with E-state index in [0.29, 0.717) is 28.9 Å². The Morgan fingerprint density at radius 2 is 2.11 bits per heavy atom. The van der Waals surface area contributed by atoms with E-state index in [0.717, 1.165) is 6.54 Å². The zero-order valence-electron chi connectivity index (χ0n) is 11.0. The lowest BCUT2D eigenvalue weighted by Gasteiger charge is -2.20. The highest BCUT2D eigenvalue weighted by molar-refractivity contribution is 6.31. The molecule has 0 radical (unpaired) electrons. The smallest absolute Gasteiger partial charge is 0.251 e. The number of hydrogen-bond donors (Lipinski definition) is 2. The molecule has 0 aliphatic heterocycles. The first-order valence-corrected chi connectivity index (χ1v) is 6.32. The van der Waals surface area contributed by atoms with E-state index in [4.69, 9.17) is 17.3 Å². The summed E-state index contributed by atoms with van der Waals surface area (Å²) in [4.78, 5) is 14.0. The third kappa shape index (κ3) is 4.55. The molecule has 0 unspecified atom stereocenters. The summed E-state index contributed by atoms with van der Waals surface area (Å²) < 4.78 is 0. The number of hydrogen-bond acceptors (Lipinski definition) is 3. The molecule has 18 heavy (non-hydrogen) atoms. The minimum Gasteiger partial charge on any atom is -0.399 e. The topological polar surface area (TPSA) is 58.4 Å². The third-order valence-corrected chi connectivity index (χ3v) is 3.03. The van der Waals surface area contributed by atoms with Gasteiger partial charge in [-0.3, -0.25) is 4.79 Å².